The van der Waals surface area contributed by atoms with Crippen LogP contribution in [0.1, 0.15) is 39.5 Å². The van der Waals surface area contributed by atoms with Gasteiger partial charge in [-0.25, -0.2) is 0 Å². The molecule has 0 bridgehead atoms. The lowest BCUT2D eigenvalue weighted by molar-refractivity contribution is -0.133. The first-order valence-electron chi connectivity index (χ1n) is 6.10. The largest absolute Gasteiger partial charge is 0.395 e. The van der Waals surface area contributed by atoms with E-state index in [1.165, 1.54) is 6.42 Å². The van der Waals surface area contributed by atoms with Crippen molar-refractivity contribution in [3.8, 4) is 0 Å². The summed E-state index contributed by atoms with van der Waals surface area (Å²) in [6, 6.07) is 0. The second-order valence-electron chi connectivity index (χ2n) is 4.58. The third kappa shape index (κ3) is 3.82. The minimum Gasteiger partial charge on any atom is -0.395 e. The van der Waals surface area contributed by atoms with Crippen molar-refractivity contribution in [2.75, 3.05) is 19.7 Å². The third-order valence-corrected chi connectivity index (χ3v) is 3.14. The maximum atomic E-state index is 11.9. The van der Waals surface area contributed by atoms with Crippen LogP contribution in [0.15, 0.2) is 0 Å². The van der Waals surface area contributed by atoms with Crippen LogP contribution in [0.4, 0.5) is 0 Å². The predicted molar refractivity (Wildman–Crippen MR) is 60.5 cm³/mol. The zero-order valence-electron chi connectivity index (χ0n) is 9.91. The van der Waals surface area contributed by atoms with E-state index in [-0.39, 0.29) is 18.4 Å². The van der Waals surface area contributed by atoms with Crippen molar-refractivity contribution in [3.05, 3.63) is 0 Å². The molecule has 1 aliphatic rings. The molecule has 0 aliphatic heterocycles. The number of carbonyl (C=O) groups excluding carboxylic acids is 1. The topological polar surface area (TPSA) is 40.5 Å². The summed E-state index contributed by atoms with van der Waals surface area (Å²) in [6.07, 6.45) is 4.42. The van der Waals surface area contributed by atoms with Crippen LogP contribution in [0, 0.1) is 11.8 Å². The van der Waals surface area contributed by atoms with E-state index in [4.69, 9.17) is 5.11 Å². The molecule has 3 heteroatoms. The van der Waals surface area contributed by atoms with Crippen molar-refractivity contribution >= 4 is 5.91 Å². The van der Waals surface area contributed by atoms with Gasteiger partial charge in [-0.1, -0.05) is 26.7 Å². The van der Waals surface area contributed by atoms with Crippen molar-refractivity contribution in [1.82, 2.24) is 4.90 Å². The molecule has 1 N–H and O–H groups in total. The summed E-state index contributed by atoms with van der Waals surface area (Å²) in [6.45, 7) is 5.67. The van der Waals surface area contributed by atoms with Crippen LogP contribution in [0.5, 0.6) is 0 Å². The number of amides is 1. The zero-order valence-corrected chi connectivity index (χ0v) is 9.91. The maximum absolute atomic E-state index is 11.9. The monoisotopic (exact) mass is 213 g/mol. The average Bonchev–Trinajstić information content (AvgIpc) is 2.93. The van der Waals surface area contributed by atoms with Crippen molar-refractivity contribution in [2.24, 2.45) is 11.8 Å². The lowest BCUT2D eigenvalue weighted by Crippen LogP contribution is -2.35. The summed E-state index contributed by atoms with van der Waals surface area (Å²) in [5, 5.41) is 8.92. The molecule has 0 saturated heterocycles. The average molecular weight is 213 g/mol. The Kier molecular flexibility index (Phi) is 5.09. The molecule has 3 nitrogen and oxygen atoms in total. The molecule has 15 heavy (non-hydrogen) atoms. The Labute approximate surface area is 92.5 Å². The Morgan fingerprint density at radius 2 is 2.07 bits per heavy atom. The Morgan fingerprint density at radius 1 is 1.40 bits per heavy atom. The molecule has 0 radical (unpaired) electrons. The highest BCUT2D eigenvalue weighted by Gasteiger charge is 2.41. The number of rotatable bonds is 7. The molecular formula is C12H23NO2. The van der Waals surface area contributed by atoms with Crippen molar-refractivity contribution in [1.29, 1.82) is 0 Å². The van der Waals surface area contributed by atoms with Gasteiger partial charge in [0.25, 0.3) is 0 Å². The summed E-state index contributed by atoms with van der Waals surface area (Å²) < 4.78 is 0. The smallest absolute Gasteiger partial charge is 0.226 e. The number of aliphatic hydroxyl groups excluding tert-OH is 1. The molecule has 0 spiro atoms. The molecule has 0 aromatic heterocycles. The van der Waals surface area contributed by atoms with Gasteiger partial charge in [-0.3, -0.25) is 4.79 Å². The van der Waals surface area contributed by atoms with Crippen molar-refractivity contribution in [3.63, 3.8) is 0 Å². The van der Waals surface area contributed by atoms with Crippen LogP contribution in [-0.2, 0) is 4.79 Å². The Balaban J connectivity index is 2.31. The molecule has 2 atom stereocenters. The van der Waals surface area contributed by atoms with E-state index in [0.29, 0.717) is 12.5 Å². The first kappa shape index (κ1) is 12.5. The standard InChI is InChI=1S/C12H23NO2/c1-3-4-5-6-13(7-8-14)12(15)11-9-10(11)2/h10-11,14H,3-9H2,1-2H3. The molecule has 0 aromatic carbocycles. The fourth-order valence-electron chi connectivity index (χ4n) is 1.91. The Hall–Kier alpha value is -0.570. The van der Waals surface area contributed by atoms with E-state index in [0.717, 1.165) is 25.8 Å². The van der Waals surface area contributed by atoms with Crippen molar-refractivity contribution < 1.29 is 9.90 Å². The Bertz CT molecular complexity index is 206. The number of nitrogens with zero attached hydrogens (tertiary/aromatic N) is 1. The first-order chi connectivity index (χ1) is 7.20. The molecule has 0 heterocycles. The molecule has 1 rings (SSSR count). The normalized spacial score (nSPS) is 23.9. The second kappa shape index (κ2) is 6.11. The van der Waals surface area contributed by atoms with Crippen molar-refractivity contribution in [2.45, 2.75) is 39.5 Å². The summed E-state index contributed by atoms with van der Waals surface area (Å²) in [4.78, 5) is 13.8. The summed E-state index contributed by atoms with van der Waals surface area (Å²) in [5.41, 5.74) is 0. The van der Waals surface area contributed by atoms with E-state index in [9.17, 15) is 4.79 Å². The number of unbranched alkanes of at least 4 members (excludes halogenated alkanes) is 2. The minimum atomic E-state index is 0.0823. The van der Waals surface area contributed by atoms with Crippen LogP contribution in [0.3, 0.4) is 0 Å². The lowest BCUT2D eigenvalue weighted by atomic mass is 10.2. The number of hydrogen-bond acceptors (Lipinski definition) is 2. The summed E-state index contributed by atoms with van der Waals surface area (Å²) >= 11 is 0. The molecule has 1 saturated carbocycles. The van der Waals surface area contributed by atoms with Crippen LogP contribution >= 0.6 is 0 Å². The van der Waals surface area contributed by atoms with Crippen LogP contribution in [-0.4, -0.2) is 35.6 Å². The van der Waals surface area contributed by atoms with Crippen LogP contribution < -0.4 is 0 Å². The molecule has 2 unspecified atom stereocenters. The van der Waals surface area contributed by atoms with Crippen LogP contribution in [0.25, 0.3) is 0 Å². The van der Waals surface area contributed by atoms with E-state index in [2.05, 4.69) is 13.8 Å². The first-order valence-corrected chi connectivity index (χ1v) is 6.10. The molecule has 1 amide bonds. The highest BCUT2D eigenvalue weighted by atomic mass is 16.3. The van der Waals surface area contributed by atoms with Gasteiger partial charge >= 0.3 is 0 Å². The summed E-state index contributed by atoms with van der Waals surface area (Å²) in [5.74, 6) is 1.07. The zero-order chi connectivity index (χ0) is 11.3. The molecule has 0 aromatic rings. The van der Waals surface area contributed by atoms with Crippen LogP contribution in [0.2, 0.25) is 0 Å². The lowest BCUT2D eigenvalue weighted by Gasteiger charge is -2.21. The van der Waals surface area contributed by atoms with Gasteiger partial charge in [0.05, 0.1) is 6.61 Å². The van der Waals surface area contributed by atoms with E-state index in [1.54, 1.807) is 0 Å². The highest BCUT2D eigenvalue weighted by Crippen LogP contribution is 2.39. The number of hydrogen-bond donors (Lipinski definition) is 1. The van der Waals surface area contributed by atoms with Gasteiger partial charge in [-0.15, -0.1) is 0 Å². The fourth-order valence-corrected chi connectivity index (χ4v) is 1.91. The van der Waals surface area contributed by atoms with Gasteiger partial charge in [-0.05, 0) is 18.8 Å². The SMILES string of the molecule is CCCCCN(CCO)C(=O)C1CC1C. The second-order valence-corrected chi connectivity index (χ2v) is 4.58. The number of aliphatic hydroxyl groups is 1. The van der Waals surface area contributed by atoms with E-state index in [1.807, 2.05) is 4.90 Å². The van der Waals surface area contributed by atoms with Gasteiger partial charge in [0.2, 0.25) is 5.91 Å². The minimum absolute atomic E-state index is 0.0823. The fraction of sp³-hybridized carbons (Fsp3) is 0.917. The Morgan fingerprint density at radius 3 is 2.53 bits per heavy atom. The summed E-state index contributed by atoms with van der Waals surface area (Å²) in [7, 11) is 0. The van der Waals surface area contributed by atoms with E-state index >= 15 is 0 Å². The quantitative estimate of drug-likeness (QED) is 0.653. The van der Waals surface area contributed by atoms with Gasteiger partial charge in [0.15, 0.2) is 0 Å². The maximum Gasteiger partial charge on any atom is 0.226 e. The molecule has 1 fully saturated rings. The third-order valence-electron chi connectivity index (χ3n) is 3.14. The van der Waals surface area contributed by atoms with E-state index < -0.39 is 0 Å². The van der Waals surface area contributed by atoms with Gasteiger partial charge in [0, 0.05) is 19.0 Å². The van der Waals surface area contributed by atoms with Gasteiger partial charge in [-0.2, -0.15) is 0 Å². The number of carbonyl (C=O) groups is 1. The predicted octanol–water partition coefficient (Wildman–Crippen LogP) is 1.65. The van der Waals surface area contributed by atoms with Gasteiger partial charge in [0.1, 0.15) is 0 Å². The molecule has 1 aliphatic carbocycles. The van der Waals surface area contributed by atoms with Gasteiger partial charge < -0.3 is 10.0 Å². The highest BCUT2D eigenvalue weighted by molar-refractivity contribution is 5.81. The molecule has 88 valence electrons. The molecular weight excluding hydrogens is 190 g/mol.